The quantitative estimate of drug-likeness (QED) is 0.690. The van der Waals surface area contributed by atoms with Gasteiger partial charge in [-0.25, -0.2) is 4.98 Å². The van der Waals surface area contributed by atoms with Crippen molar-refractivity contribution < 1.29 is 14.3 Å². The number of aromatic nitrogens is 1. The number of hydrogen-bond acceptors (Lipinski definition) is 4. The van der Waals surface area contributed by atoms with Crippen molar-refractivity contribution in [3.8, 4) is 5.88 Å². The van der Waals surface area contributed by atoms with Gasteiger partial charge < -0.3 is 14.8 Å². The summed E-state index contributed by atoms with van der Waals surface area (Å²) in [7, 11) is 0. The fourth-order valence-electron chi connectivity index (χ4n) is 2.54. The van der Waals surface area contributed by atoms with Crippen molar-refractivity contribution in [2.75, 3.05) is 18.5 Å². The number of carbonyl (C=O) groups is 1. The molecule has 1 atom stereocenters. The van der Waals surface area contributed by atoms with Gasteiger partial charge in [-0.15, -0.1) is 0 Å². The van der Waals surface area contributed by atoms with Gasteiger partial charge in [0.05, 0.1) is 18.0 Å². The molecular formula is C19H32N2O3. The second-order valence-electron chi connectivity index (χ2n) is 6.76. The Hall–Kier alpha value is -1.62. The largest absolute Gasteiger partial charge is 0.478 e. The van der Waals surface area contributed by atoms with Crippen molar-refractivity contribution in [2.24, 2.45) is 5.92 Å². The average Bonchev–Trinajstić information content (AvgIpc) is 2.52. The number of pyridine rings is 1. The van der Waals surface area contributed by atoms with Crippen LogP contribution >= 0.6 is 0 Å². The van der Waals surface area contributed by atoms with Crippen LogP contribution in [-0.2, 0) is 9.53 Å². The van der Waals surface area contributed by atoms with Gasteiger partial charge >= 0.3 is 0 Å². The molecule has 1 rings (SSSR count). The Balaban J connectivity index is 2.86. The zero-order chi connectivity index (χ0) is 18.2. The van der Waals surface area contributed by atoms with Crippen LogP contribution in [0.15, 0.2) is 12.1 Å². The van der Waals surface area contributed by atoms with Crippen LogP contribution in [0.2, 0.25) is 0 Å². The smallest absolute Gasteiger partial charge is 0.256 e. The molecule has 136 valence electrons. The lowest BCUT2D eigenvalue weighted by Crippen LogP contribution is -2.44. The van der Waals surface area contributed by atoms with Crippen LogP contribution in [0, 0.1) is 12.8 Å². The van der Waals surface area contributed by atoms with Crippen molar-refractivity contribution in [3.05, 3.63) is 17.8 Å². The summed E-state index contributed by atoms with van der Waals surface area (Å²) in [6.07, 6.45) is 2.48. The Morgan fingerprint density at radius 1 is 1.25 bits per heavy atom. The zero-order valence-electron chi connectivity index (χ0n) is 15.9. The summed E-state index contributed by atoms with van der Waals surface area (Å²) >= 11 is 0. The van der Waals surface area contributed by atoms with Gasteiger partial charge in [0.15, 0.2) is 0 Å². The van der Waals surface area contributed by atoms with Gasteiger partial charge in [0.25, 0.3) is 5.91 Å². The van der Waals surface area contributed by atoms with Crippen LogP contribution in [-0.4, -0.2) is 29.7 Å². The lowest BCUT2D eigenvalue weighted by molar-refractivity contribution is -0.141. The molecule has 0 saturated heterocycles. The van der Waals surface area contributed by atoms with Gasteiger partial charge in [0.1, 0.15) is 5.60 Å². The molecule has 0 aliphatic heterocycles. The van der Waals surface area contributed by atoms with E-state index in [9.17, 15) is 4.79 Å². The van der Waals surface area contributed by atoms with Crippen molar-refractivity contribution in [2.45, 2.75) is 66.4 Å². The number of nitrogens with one attached hydrogen (secondary N) is 1. The van der Waals surface area contributed by atoms with Crippen molar-refractivity contribution in [1.29, 1.82) is 0 Å². The minimum Gasteiger partial charge on any atom is -0.478 e. The molecule has 1 heterocycles. The average molecular weight is 336 g/mol. The Labute approximate surface area is 146 Å². The SMILES string of the molecule is CCCOc1ccc(NC(=O)C(C)(CC(C)C)OCCC)c(C)n1. The molecule has 0 fully saturated rings. The van der Waals surface area contributed by atoms with Crippen LogP contribution < -0.4 is 10.1 Å². The second kappa shape index (κ2) is 9.62. The molecule has 1 N–H and O–H groups in total. The van der Waals surface area contributed by atoms with E-state index in [1.54, 1.807) is 6.07 Å². The molecule has 1 aromatic rings. The summed E-state index contributed by atoms with van der Waals surface area (Å²) in [6, 6.07) is 3.62. The first-order chi connectivity index (χ1) is 11.3. The number of nitrogens with zero attached hydrogens (tertiary/aromatic N) is 1. The third kappa shape index (κ3) is 6.11. The Morgan fingerprint density at radius 3 is 2.46 bits per heavy atom. The zero-order valence-corrected chi connectivity index (χ0v) is 15.9. The first kappa shape index (κ1) is 20.4. The molecule has 0 bridgehead atoms. The van der Waals surface area contributed by atoms with Gasteiger partial charge in [0.2, 0.25) is 5.88 Å². The molecule has 5 nitrogen and oxygen atoms in total. The number of ether oxygens (including phenoxy) is 2. The Morgan fingerprint density at radius 2 is 1.92 bits per heavy atom. The standard InChI is InChI=1S/C19H32N2O3/c1-7-11-23-17-10-9-16(15(5)20-17)21-18(22)19(6,13-14(3)4)24-12-8-2/h9-10,14H,7-8,11-13H2,1-6H3,(H,21,22). The predicted octanol–water partition coefficient (Wildman–Crippen LogP) is 4.35. The van der Waals surface area contributed by atoms with E-state index in [0.717, 1.165) is 18.5 Å². The van der Waals surface area contributed by atoms with Crippen LogP contribution in [0.5, 0.6) is 5.88 Å². The van der Waals surface area contributed by atoms with E-state index in [0.29, 0.717) is 37.1 Å². The molecule has 0 aliphatic rings. The van der Waals surface area contributed by atoms with Crippen molar-refractivity contribution in [3.63, 3.8) is 0 Å². The number of anilines is 1. The summed E-state index contributed by atoms with van der Waals surface area (Å²) in [5.41, 5.74) is 0.590. The highest BCUT2D eigenvalue weighted by molar-refractivity contribution is 5.97. The highest BCUT2D eigenvalue weighted by Crippen LogP contribution is 2.25. The van der Waals surface area contributed by atoms with Gasteiger partial charge in [-0.1, -0.05) is 27.7 Å². The van der Waals surface area contributed by atoms with E-state index in [1.807, 2.05) is 33.8 Å². The molecule has 0 aromatic carbocycles. The first-order valence-corrected chi connectivity index (χ1v) is 8.88. The monoisotopic (exact) mass is 336 g/mol. The van der Waals surface area contributed by atoms with Gasteiger partial charge in [-0.3, -0.25) is 4.79 Å². The fourth-order valence-corrected chi connectivity index (χ4v) is 2.54. The summed E-state index contributed by atoms with van der Waals surface area (Å²) in [5, 5.41) is 2.97. The summed E-state index contributed by atoms with van der Waals surface area (Å²) in [6.45, 7) is 13.2. The third-order valence-electron chi connectivity index (χ3n) is 3.67. The number of amides is 1. The van der Waals surface area contributed by atoms with E-state index >= 15 is 0 Å². The maximum atomic E-state index is 12.8. The molecule has 0 spiro atoms. The number of rotatable bonds is 10. The maximum Gasteiger partial charge on any atom is 0.256 e. The number of carbonyl (C=O) groups excluding carboxylic acids is 1. The predicted molar refractivity (Wildman–Crippen MR) is 97.5 cm³/mol. The molecular weight excluding hydrogens is 304 g/mol. The van der Waals surface area contributed by atoms with Gasteiger partial charge in [0, 0.05) is 12.7 Å². The highest BCUT2D eigenvalue weighted by atomic mass is 16.5. The molecule has 1 aromatic heterocycles. The lowest BCUT2D eigenvalue weighted by atomic mass is 9.93. The maximum absolute atomic E-state index is 12.8. The molecule has 0 radical (unpaired) electrons. The third-order valence-corrected chi connectivity index (χ3v) is 3.67. The minimum absolute atomic E-state index is 0.128. The molecule has 5 heteroatoms. The summed E-state index contributed by atoms with van der Waals surface area (Å²) in [5.74, 6) is 0.818. The topological polar surface area (TPSA) is 60.5 Å². The van der Waals surface area contributed by atoms with Gasteiger partial charge in [-0.05, 0) is 45.1 Å². The lowest BCUT2D eigenvalue weighted by Gasteiger charge is -2.30. The van der Waals surface area contributed by atoms with Crippen LogP contribution in [0.4, 0.5) is 5.69 Å². The number of aryl methyl sites for hydroxylation is 1. The molecule has 1 amide bonds. The second-order valence-corrected chi connectivity index (χ2v) is 6.76. The molecule has 24 heavy (non-hydrogen) atoms. The molecule has 0 saturated carbocycles. The Bertz CT molecular complexity index is 531. The van der Waals surface area contributed by atoms with E-state index in [2.05, 4.69) is 24.1 Å². The summed E-state index contributed by atoms with van der Waals surface area (Å²) < 4.78 is 11.4. The van der Waals surface area contributed by atoms with Crippen LogP contribution in [0.3, 0.4) is 0 Å². The first-order valence-electron chi connectivity index (χ1n) is 8.88. The Kier molecular flexibility index (Phi) is 8.19. The summed E-state index contributed by atoms with van der Waals surface area (Å²) in [4.78, 5) is 17.2. The van der Waals surface area contributed by atoms with E-state index in [-0.39, 0.29) is 5.91 Å². The highest BCUT2D eigenvalue weighted by Gasteiger charge is 2.35. The van der Waals surface area contributed by atoms with Crippen molar-refractivity contribution >= 4 is 11.6 Å². The van der Waals surface area contributed by atoms with Gasteiger partial charge in [-0.2, -0.15) is 0 Å². The molecule has 1 unspecified atom stereocenters. The fraction of sp³-hybridized carbons (Fsp3) is 0.684. The molecule has 0 aliphatic carbocycles. The van der Waals surface area contributed by atoms with Crippen LogP contribution in [0.25, 0.3) is 0 Å². The van der Waals surface area contributed by atoms with Crippen molar-refractivity contribution in [1.82, 2.24) is 4.98 Å². The van der Waals surface area contributed by atoms with E-state index in [1.165, 1.54) is 0 Å². The van der Waals surface area contributed by atoms with E-state index in [4.69, 9.17) is 9.47 Å². The minimum atomic E-state index is -0.839. The van der Waals surface area contributed by atoms with E-state index < -0.39 is 5.60 Å². The van der Waals surface area contributed by atoms with Crippen LogP contribution in [0.1, 0.15) is 59.6 Å². The normalized spacial score (nSPS) is 13.6. The number of hydrogen-bond donors (Lipinski definition) is 1.